The quantitative estimate of drug-likeness (QED) is 0.816. The first-order chi connectivity index (χ1) is 9.61. The third-order valence-electron chi connectivity index (χ3n) is 2.86. The van der Waals surface area contributed by atoms with Crippen LogP contribution in [0, 0.1) is 0 Å². The highest BCUT2D eigenvalue weighted by Gasteiger charge is 2.23. The summed E-state index contributed by atoms with van der Waals surface area (Å²) in [4.78, 5) is 23.7. The molecule has 1 aliphatic heterocycles. The van der Waals surface area contributed by atoms with Gasteiger partial charge >= 0.3 is 5.97 Å². The van der Waals surface area contributed by atoms with Crippen molar-refractivity contribution in [3.05, 3.63) is 28.8 Å². The number of amides is 1. The van der Waals surface area contributed by atoms with E-state index in [-0.39, 0.29) is 11.5 Å². The third-order valence-corrected chi connectivity index (χ3v) is 3.10. The second-order valence-corrected chi connectivity index (χ2v) is 4.67. The number of benzene rings is 1. The largest absolute Gasteiger partial charge is 0.465 e. The Kier molecular flexibility index (Phi) is 4.94. The van der Waals surface area contributed by atoms with Crippen molar-refractivity contribution in [2.75, 3.05) is 32.1 Å². The molecule has 7 heteroatoms. The van der Waals surface area contributed by atoms with Gasteiger partial charge in [-0.05, 0) is 18.2 Å². The maximum absolute atomic E-state index is 12.1. The number of esters is 1. The fourth-order valence-corrected chi connectivity index (χ4v) is 2.02. The number of hydrogen-bond donors (Lipinski definition) is 2. The molecule has 1 heterocycles. The number of hydrogen-bond acceptors (Lipinski definition) is 5. The normalized spacial score (nSPS) is 18.4. The van der Waals surface area contributed by atoms with Crippen LogP contribution in [-0.2, 0) is 14.3 Å². The van der Waals surface area contributed by atoms with Crippen molar-refractivity contribution in [1.82, 2.24) is 5.32 Å². The summed E-state index contributed by atoms with van der Waals surface area (Å²) in [6, 6.07) is 4.59. The lowest BCUT2D eigenvalue weighted by Gasteiger charge is -2.23. The summed E-state index contributed by atoms with van der Waals surface area (Å²) in [5, 5.41) is 6.11. The van der Waals surface area contributed by atoms with Gasteiger partial charge in [0.2, 0.25) is 0 Å². The molecule has 1 atom stereocenters. The number of carbonyl (C=O) groups is 2. The van der Waals surface area contributed by atoms with Crippen LogP contribution in [0.2, 0.25) is 5.02 Å². The van der Waals surface area contributed by atoms with Gasteiger partial charge in [0.15, 0.2) is 0 Å². The third kappa shape index (κ3) is 3.47. The summed E-state index contributed by atoms with van der Waals surface area (Å²) < 4.78 is 10.0. The van der Waals surface area contributed by atoms with E-state index in [0.29, 0.717) is 23.9 Å². The Morgan fingerprint density at radius 1 is 1.50 bits per heavy atom. The van der Waals surface area contributed by atoms with Crippen LogP contribution in [0.15, 0.2) is 18.2 Å². The summed E-state index contributed by atoms with van der Waals surface area (Å²) in [6.45, 7) is 1.63. The van der Waals surface area contributed by atoms with E-state index in [1.54, 1.807) is 12.1 Å². The molecule has 6 nitrogen and oxygen atoms in total. The van der Waals surface area contributed by atoms with Crippen molar-refractivity contribution in [2.45, 2.75) is 6.10 Å². The van der Waals surface area contributed by atoms with Gasteiger partial charge in [-0.25, -0.2) is 4.79 Å². The average molecular weight is 299 g/mol. The van der Waals surface area contributed by atoms with Crippen molar-refractivity contribution >= 4 is 29.2 Å². The van der Waals surface area contributed by atoms with Crippen LogP contribution in [0.5, 0.6) is 0 Å². The first-order valence-corrected chi connectivity index (χ1v) is 6.50. The smallest absolute Gasteiger partial charge is 0.340 e. The van der Waals surface area contributed by atoms with Crippen LogP contribution in [0.1, 0.15) is 10.4 Å². The summed E-state index contributed by atoms with van der Waals surface area (Å²) in [5.74, 6) is -0.879. The van der Waals surface area contributed by atoms with E-state index in [9.17, 15) is 9.59 Å². The van der Waals surface area contributed by atoms with Gasteiger partial charge in [0, 0.05) is 18.1 Å². The molecule has 0 bridgehead atoms. The van der Waals surface area contributed by atoms with Crippen molar-refractivity contribution in [1.29, 1.82) is 0 Å². The first-order valence-electron chi connectivity index (χ1n) is 6.13. The van der Waals surface area contributed by atoms with E-state index < -0.39 is 12.1 Å². The number of rotatable bonds is 3. The van der Waals surface area contributed by atoms with Gasteiger partial charge in [0.05, 0.1) is 25.0 Å². The van der Waals surface area contributed by atoms with E-state index in [4.69, 9.17) is 16.3 Å². The molecule has 0 aromatic heterocycles. The highest BCUT2D eigenvalue weighted by molar-refractivity contribution is 6.31. The highest BCUT2D eigenvalue weighted by Crippen LogP contribution is 2.22. The topological polar surface area (TPSA) is 76.7 Å². The standard InChI is InChI=1S/C13H15ClN2O4/c1-19-13(18)9-6-8(14)2-3-10(9)16-12(17)11-7-15-4-5-20-11/h2-3,6,11,15H,4-5,7H2,1H3,(H,16,17). The monoisotopic (exact) mass is 298 g/mol. The van der Waals surface area contributed by atoms with Crippen molar-refractivity contribution in [3.8, 4) is 0 Å². The van der Waals surface area contributed by atoms with Crippen molar-refractivity contribution in [3.63, 3.8) is 0 Å². The maximum Gasteiger partial charge on any atom is 0.340 e. The van der Waals surface area contributed by atoms with Crippen LogP contribution in [0.4, 0.5) is 5.69 Å². The number of ether oxygens (including phenoxy) is 2. The predicted octanol–water partition coefficient (Wildman–Crippen LogP) is 1.05. The second-order valence-electron chi connectivity index (χ2n) is 4.23. The zero-order chi connectivity index (χ0) is 14.5. The van der Waals surface area contributed by atoms with E-state index in [0.717, 1.165) is 6.54 Å². The zero-order valence-corrected chi connectivity index (χ0v) is 11.7. The SMILES string of the molecule is COC(=O)c1cc(Cl)ccc1NC(=O)C1CNCCO1. The maximum atomic E-state index is 12.1. The number of anilines is 1. The van der Waals surface area contributed by atoms with Gasteiger partial charge in [-0.3, -0.25) is 4.79 Å². The van der Waals surface area contributed by atoms with Gasteiger partial charge in [-0.15, -0.1) is 0 Å². The van der Waals surface area contributed by atoms with Gasteiger partial charge in [-0.2, -0.15) is 0 Å². The van der Waals surface area contributed by atoms with Crippen molar-refractivity contribution < 1.29 is 19.1 Å². The number of halogens is 1. The number of nitrogens with one attached hydrogen (secondary N) is 2. The lowest BCUT2D eigenvalue weighted by Crippen LogP contribution is -2.45. The highest BCUT2D eigenvalue weighted by atomic mass is 35.5. The molecular weight excluding hydrogens is 284 g/mol. The van der Waals surface area contributed by atoms with Crippen LogP contribution in [0.25, 0.3) is 0 Å². The summed E-state index contributed by atoms with van der Waals surface area (Å²) in [6.07, 6.45) is -0.579. The van der Waals surface area contributed by atoms with Crippen LogP contribution in [0.3, 0.4) is 0 Å². The summed E-state index contributed by atoms with van der Waals surface area (Å²) in [5.41, 5.74) is 0.553. The molecule has 1 saturated heterocycles. The minimum atomic E-state index is -0.579. The lowest BCUT2D eigenvalue weighted by molar-refractivity contribution is -0.128. The molecular formula is C13H15ClN2O4. The molecule has 1 aromatic carbocycles. The lowest BCUT2D eigenvalue weighted by atomic mass is 10.1. The van der Waals surface area contributed by atoms with E-state index in [1.165, 1.54) is 13.2 Å². The summed E-state index contributed by atoms with van der Waals surface area (Å²) >= 11 is 5.85. The molecule has 0 spiro atoms. The summed E-state index contributed by atoms with van der Waals surface area (Å²) in [7, 11) is 1.27. The molecule has 20 heavy (non-hydrogen) atoms. The molecule has 0 aliphatic carbocycles. The molecule has 0 radical (unpaired) electrons. The Labute approximate surface area is 121 Å². The Hall–Kier alpha value is -1.63. The molecule has 1 unspecified atom stereocenters. The number of methoxy groups -OCH3 is 1. The van der Waals surface area contributed by atoms with Crippen molar-refractivity contribution in [2.24, 2.45) is 0 Å². The Bertz CT molecular complexity index is 515. The molecule has 2 N–H and O–H groups in total. The van der Waals surface area contributed by atoms with Gasteiger partial charge in [0.25, 0.3) is 5.91 Å². The molecule has 108 valence electrons. The molecule has 1 amide bonds. The Morgan fingerprint density at radius 3 is 2.95 bits per heavy atom. The van der Waals surface area contributed by atoms with Crippen LogP contribution >= 0.6 is 11.6 Å². The first kappa shape index (κ1) is 14.8. The van der Waals surface area contributed by atoms with E-state index >= 15 is 0 Å². The second kappa shape index (κ2) is 6.69. The minimum Gasteiger partial charge on any atom is -0.465 e. The Morgan fingerprint density at radius 2 is 2.30 bits per heavy atom. The van der Waals surface area contributed by atoms with Gasteiger partial charge in [-0.1, -0.05) is 11.6 Å². The van der Waals surface area contributed by atoms with Gasteiger partial charge < -0.3 is 20.1 Å². The number of morpholine rings is 1. The molecule has 0 saturated carbocycles. The van der Waals surface area contributed by atoms with Gasteiger partial charge in [0.1, 0.15) is 6.10 Å². The number of carbonyl (C=O) groups excluding carboxylic acids is 2. The average Bonchev–Trinajstić information content (AvgIpc) is 2.49. The molecule has 1 aliphatic rings. The van der Waals surface area contributed by atoms with Crippen LogP contribution in [-0.4, -0.2) is 44.8 Å². The molecule has 1 aromatic rings. The Balaban J connectivity index is 2.15. The van der Waals surface area contributed by atoms with Crippen LogP contribution < -0.4 is 10.6 Å². The van der Waals surface area contributed by atoms with E-state index in [1.807, 2.05) is 0 Å². The zero-order valence-electron chi connectivity index (χ0n) is 10.9. The fourth-order valence-electron chi connectivity index (χ4n) is 1.85. The van der Waals surface area contributed by atoms with E-state index in [2.05, 4.69) is 15.4 Å². The predicted molar refractivity (Wildman–Crippen MR) is 74.0 cm³/mol. The fraction of sp³-hybridized carbons (Fsp3) is 0.385. The molecule has 2 rings (SSSR count). The molecule has 1 fully saturated rings. The minimum absolute atomic E-state index is 0.206.